The third-order valence-electron chi connectivity index (χ3n) is 5.92. The van der Waals surface area contributed by atoms with Crippen LogP contribution in [0, 0.1) is 76.1 Å². The zero-order valence-electron chi connectivity index (χ0n) is 22.9. The van der Waals surface area contributed by atoms with Gasteiger partial charge in [-0.05, 0) is 33.6 Å². The Morgan fingerprint density at radius 2 is 1.02 bits per heavy atom. The molecule has 0 spiro atoms. The summed E-state index contributed by atoms with van der Waals surface area (Å²) >= 11 is 0. The summed E-state index contributed by atoms with van der Waals surface area (Å²) in [7, 11) is -5.77. The van der Waals surface area contributed by atoms with Gasteiger partial charge in [-0.25, -0.2) is 17.6 Å². The molecular formula is C25H18F8N4O7S. The first kappa shape index (κ1) is 36.5. The van der Waals surface area contributed by atoms with Crippen molar-refractivity contribution in [1.29, 1.82) is 10.5 Å². The van der Waals surface area contributed by atoms with Gasteiger partial charge in [-0.3, -0.25) is 14.1 Å². The van der Waals surface area contributed by atoms with E-state index in [1.54, 1.807) is 12.1 Å². The number of ether oxygens (including phenoxy) is 2. The van der Waals surface area contributed by atoms with Crippen molar-refractivity contribution in [3.8, 4) is 23.6 Å². The van der Waals surface area contributed by atoms with Gasteiger partial charge in [0.1, 0.15) is 0 Å². The maximum Gasteiger partial charge on any atom is 0.311 e. The zero-order chi connectivity index (χ0) is 34.7. The van der Waals surface area contributed by atoms with Gasteiger partial charge in [-0.15, -0.1) is 0 Å². The zero-order valence-corrected chi connectivity index (χ0v) is 23.8. The Hall–Kier alpha value is -4.69. The van der Waals surface area contributed by atoms with E-state index >= 15 is 0 Å². The standard InChI is InChI=1S/C25H18F8N4O7S/c1-10-13(26)15(28)21(16(29)14(10)27)43-11(38)4-6-24(2,8-34)36-37-25(3,9-35)7-5-12(39)44-22-17(30)19(32)23(45(40,41)42)20(33)18(22)31/h4-7H2,1-3H3,(H,40,41,42). The highest BCUT2D eigenvalue weighted by molar-refractivity contribution is 7.85. The number of hydrogen-bond acceptors (Lipinski definition) is 10. The van der Waals surface area contributed by atoms with E-state index in [1.165, 1.54) is 0 Å². The molecule has 2 atom stereocenters. The number of carbonyl (C=O) groups is 2. The van der Waals surface area contributed by atoms with Crippen LogP contribution in [0.5, 0.6) is 11.5 Å². The molecule has 11 nitrogen and oxygen atoms in total. The first-order chi connectivity index (χ1) is 20.6. The van der Waals surface area contributed by atoms with Crippen molar-refractivity contribution in [3.63, 3.8) is 0 Å². The van der Waals surface area contributed by atoms with Gasteiger partial charge in [0.2, 0.25) is 34.8 Å². The quantitative estimate of drug-likeness (QED) is 0.0813. The fourth-order valence-corrected chi connectivity index (χ4v) is 3.85. The summed E-state index contributed by atoms with van der Waals surface area (Å²) in [5.41, 5.74) is -4.95. The van der Waals surface area contributed by atoms with Crippen LogP contribution in [0.15, 0.2) is 15.1 Å². The first-order valence-electron chi connectivity index (χ1n) is 12.0. The van der Waals surface area contributed by atoms with Gasteiger partial charge in [0.15, 0.2) is 39.2 Å². The second kappa shape index (κ2) is 13.5. The predicted octanol–water partition coefficient (Wildman–Crippen LogP) is 5.44. The van der Waals surface area contributed by atoms with E-state index in [0.29, 0.717) is 0 Å². The van der Waals surface area contributed by atoms with Crippen molar-refractivity contribution in [1.82, 2.24) is 0 Å². The number of rotatable bonds is 11. The topological polar surface area (TPSA) is 179 Å². The molecule has 0 aliphatic rings. The van der Waals surface area contributed by atoms with Crippen LogP contribution in [0.25, 0.3) is 0 Å². The molecule has 20 heteroatoms. The SMILES string of the molecule is Cc1c(F)c(F)c(OC(=O)CCC(C)(C#N)N=NC(C)(C#N)CCC(=O)Oc2c(F)c(F)c(S(=O)(=O)O)c(F)c2F)c(F)c1F. The molecule has 2 aromatic carbocycles. The minimum atomic E-state index is -5.77. The summed E-state index contributed by atoms with van der Waals surface area (Å²) in [6.45, 7) is 2.86. The second-order valence-electron chi connectivity index (χ2n) is 9.52. The Labute approximate surface area is 248 Å². The van der Waals surface area contributed by atoms with Crippen molar-refractivity contribution in [2.45, 2.75) is 62.4 Å². The van der Waals surface area contributed by atoms with Crippen molar-refractivity contribution in [2.75, 3.05) is 0 Å². The fraction of sp³-hybridized carbons (Fsp3) is 0.360. The highest BCUT2D eigenvalue weighted by Crippen LogP contribution is 2.34. The number of benzene rings is 2. The van der Waals surface area contributed by atoms with Crippen LogP contribution in [0.3, 0.4) is 0 Å². The lowest BCUT2D eigenvalue weighted by atomic mass is 9.97. The van der Waals surface area contributed by atoms with E-state index in [-0.39, 0.29) is 0 Å². The molecule has 2 rings (SSSR count). The van der Waals surface area contributed by atoms with E-state index in [1.807, 2.05) is 0 Å². The van der Waals surface area contributed by atoms with Crippen LogP contribution in [0.4, 0.5) is 35.1 Å². The molecule has 0 aliphatic carbocycles. The maximum atomic E-state index is 14.1. The number of carbonyl (C=O) groups excluding carboxylic acids is 2. The Kier molecular flexibility index (Phi) is 11.0. The first-order valence-corrected chi connectivity index (χ1v) is 13.4. The smallest absolute Gasteiger partial charge is 0.311 e. The van der Waals surface area contributed by atoms with Gasteiger partial charge in [-0.2, -0.15) is 46.7 Å². The Bertz CT molecular complexity index is 1730. The molecule has 0 aliphatic heterocycles. The summed E-state index contributed by atoms with van der Waals surface area (Å²) in [4.78, 5) is 21.9. The molecule has 0 heterocycles. The molecule has 0 bridgehead atoms. The molecule has 0 amide bonds. The van der Waals surface area contributed by atoms with Gasteiger partial charge in [0.25, 0.3) is 0 Å². The Balaban J connectivity index is 2.14. The molecule has 1 N–H and O–H groups in total. The van der Waals surface area contributed by atoms with Crippen LogP contribution in [-0.4, -0.2) is 36.0 Å². The second-order valence-corrected chi connectivity index (χ2v) is 10.9. The predicted molar refractivity (Wildman–Crippen MR) is 130 cm³/mol. The van der Waals surface area contributed by atoms with Crippen LogP contribution in [0.2, 0.25) is 0 Å². The number of nitriles is 2. The van der Waals surface area contributed by atoms with Gasteiger partial charge >= 0.3 is 22.1 Å². The van der Waals surface area contributed by atoms with E-state index < -0.39 is 127 Å². The molecule has 2 unspecified atom stereocenters. The molecule has 0 radical (unpaired) electrons. The summed E-state index contributed by atoms with van der Waals surface area (Å²) in [5.74, 6) is -24.5. The molecule has 0 fully saturated rings. The average molecular weight is 670 g/mol. The molecule has 0 aromatic heterocycles. The lowest BCUT2D eigenvalue weighted by Gasteiger charge is -2.19. The molecule has 45 heavy (non-hydrogen) atoms. The van der Waals surface area contributed by atoms with Crippen molar-refractivity contribution in [3.05, 3.63) is 52.1 Å². The minimum absolute atomic E-state index is 0.593. The number of esters is 2. The fourth-order valence-electron chi connectivity index (χ4n) is 3.22. The van der Waals surface area contributed by atoms with Crippen LogP contribution >= 0.6 is 0 Å². The Morgan fingerprint density at radius 1 is 0.711 bits per heavy atom. The third-order valence-corrected chi connectivity index (χ3v) is 6.79. The summed E-state index contributed by atoms with van der Waals surface area (Å²) in [6, 6.07) is 3.22. The minimum Gasteiger partial charge on any atom is -0.420 e. The lowest BCUT2D eigenvalue weighted by molar-refractivity contribution is -0.136. The van der Waals surface area contributed by atoms with E-state index in [2.05, 4.69) is 19.7 Å². The summed E-state index contributed by atoms with van der Waals surface area (Å²) in [6.07, 6.45) is -3.03. The van der Waals surface area contributed by atoms with Crippen LogP contribution in [-0.2, 0) is 19.7 Å². The van der Waals surface area contributed by atoms with Crippen molar-refractivity contribution < 1.29 is 67.2 Å². The number of azo groups is 1. The monoisotopic (exact) mass is 670 g/mol. The molecule has 242 valence electrons. The highest BCUT2D eigenvalue weighted by atomic mass is 32.2. The van der Waals surface area contributed by atoms with Gasteiger partial charge in [0.05, 0.1) is 12.1 Å². The van der Waals surface area contributed by atoms with Gasteiger partial charge < -0.3 is 9.47 Å². The number of nitrogens with zero attached hydrogens (tertiary/aromatic N) is 4. The van der Waals surface area contributed by atoms with Crippen molar-refractivity contribution in [2.24, 2.45) is 10.2 Å². The van der Waals surface area contributed by atoms with E-state index in [4.69, 9.17) is 4.55 Å². The highest BCUT2D eigenvalue weighted by Gasteiger charge is 2.35. The molecule has 0 saturated carbocycles. The normalized spacial score (nSPS) is 14.3. The Morgan fingerprint density at radius 3 is 1.31 bits per heavy atom. The number of hydrogen-bond donors (Lipinski definition) is 1. The van der Waals surface area contributed by atoms with Gasteiger partial charge in [-0.1, -0.05) is 0 Å². The summed E-state index contributed by atoms with van der Waals surface area (Å²) in [5, 5.41) is 26.2. The van der Waals surface area contributed by atoms with Crippen LogP contribution < -0.4 is 9.47 Å². The van der Waals surface area contributed by atoms with Crippen LogP contribution in [0.1, 0.15) is 45.1 Å². The van der Waals surface area contributed by atoms with E-state index in [9.17, 15) is 63.7 Å². The van der Waals surface area contributed by atoms with Crippen molar-refractivity contribution >= 4 is 22.1 Å². The molecule has 2 aromatic rings. The summed E-state index contributed by atoms with van der Waals surface area (Å²) < 4.78 is 151. The average Bonchev–Trinajstić information content (AvgIpc) is 2.98. The lowest BCUT2D eigenvalue weighted by Crippen LogP contribution is -2.26. The maximum absolute atomic E-state index is 14.1. The third kappa shape index (κ3) is 8.08. The molecule has 0 saturated heterocycles. The molecular weight excluding hydrogens is 652 g/mol. The van der Waals surface area contributed by atoms with E-state index in [0.717, 1.165) is 20.8 Å². The largest absolute Gasteiger partial charge is 0.420 e. The number of halogens is 8. The van der Waals surface area contributed by atoms with Gasteiger partial charge in [0, 0.05) is 18.4 Å².